The summed E-state index contributed by atoms with van der Waals surface area (Å²) in [6, 6.07) is 5.70. The van der Waals surface area contributed by atoms with Crippen LogP contribution in [0.5, 0.6) is 0 Å². The van der Waals surface area contributed by atoms with E-state index in [9.17, 15) is 0 Å². The smallest absolute Gasteiger partial charge is 0.114 e. The fourth-order valence-electron chi connectivity index (χ4n) is 2.03. The summed E-state index contributed by atoms with van der Waals surface area (Å²) in [6.45, 7) is 3.79. The highest BCUT2D eigenvalue weighted by Gasteiger charge is 2.23. The summed E-state index contributed by atoms with van der Waals surface area (Å²) in [4.78, 5) is 0. The van der Waals surface area contributed by atoms with E-state index >= 15 is 0 Å². The lowest BCUT2D eigenvalue weighted by Gasteiger charge is -2.21. The molecule has 0 radical (unpaired) electrons. The van der Waals surface area contributed by atoms with E-state index in [1.54, 1.807) is 6.07 Å². The Morgan fingerprint density at radius 1 is 1.39 bits per heavy atom. The summed E-state index contributed by atoms with van der Waals surface area (Å²) in [5, 5.41) is 4.64. The lowest BCUT2D eigenvalue weighted by atomic mass is 10.0. The molecule has 1 atom stereocenters. The largest absolute Gasteiger partial charge is 0.496 e. The average molecular weight is 286 g/mol. The van der Waals surface area contributed by atoms with Gasteiger partial charge in [0.15, 0.2) is 0 Å². The molecule has 0 aromatic heterocycles. The van der Waals surface area contributed by atoms with Crippen molar-refractivity contribution in [3.05, 3.63) is 45.6 Å². The van der Waals surface area contributed by atoms with E-state index < -0.39 is 0 Å². The second-order valence-corrected chi connectivity index (χ2v) is 5.06. The Hall–Kier alpha value is -0.700. The van der Waals surface area contributed by atoms with Crippen molar-refractivity contribution in [2.45, 2.75) is 25.8 Å². The van der Waals surface area contributed by atoms with Gasteiger partial charge in [-0.1, -0.05) is 42.3 Å². The maximum atomic E-state index is 6.29. The highest BCUT2D eigenvalue weighted by Crippen LogP contribution is 2.34. The van der Waals surface area contributed by atoms with Crippen LogP contribution in [0.25, 0.3) is 0 Å². The van der Waals surface area contributed by atoms with Gasteiger partial charge in [-0.15, -0.1) is 0 Å². The van der Waals surface area contributed by atoms with Gasteiger partial charge < -0.3 is 10.1 Å². The molecule has 2 rings (SSSR count). The fraction of sp³-hybridized carbons (Fsp3) is 0.429. The van der Waals surface area contributed by atoms with Crippen LogP contribution in [-0.4, -0.2) is 13.2 Å². The Labute approximate surface area is 118 Å². The molecule has 1 aromatic rings. The van der Waals surface area contributed by atoms with Crippen molar-refractivity contribution in [2.24, 2.45) is 0 Å². The topological polar surface area (TPSA) is 21.3 Å². The van der Waals surface area contributed by atoms with Gasteiger partial charge in [0.1, 0.15) is 5.76 Å². The monoisotopic (exact) mass is 285 g/mol. The third-order valence-corrected chi connectivity index (χ3v) is 3.74. The first-order valence-electron chi connectivity index (χ1n) is 6.24. The third kappa shape index (κ3) is 3.00. The minimum absolute atomic E-state index is 0.00125. The summed E-state index contributed by atoms with van der Waals surface area (Å²) >= 11 is 12.4. The van der Waals surface area contributed by atoms with E-state index in [-0.39, 0.29) is 6.04 Å². The van der Waals surface area contributed by atoms with Gasteiger partial charge in [-0.25, -0.2) is 0 Å². The zero-order chi connectivity index (χ0) is 13.0. The zero-order valence-electron chi connectivity index (χ0n) is 10.4. The van der Waals surface area contributed by atoms with Crippen molar-refractivity contribution >= 4 is 23.2 Å². The Kier molecular flexibility index (Phi) is 4.93. The second kappa shape index (κ2) is 6.46. The van der Waals surface area contributed by atoms with Gasteiger partial charge in [0, 0.05) is 6.42 Å². The summed E-state index contributed by atoms with van der Waals surface area (Å²) < 4.78 is 5.66. The molecule has 0 spiro atoms. The number of ether oxygens (including phenoxy) is 1. The normalized spacial score (nSPS) is 16.3. The van der Waals surface area contributed by atoms with E-state index in [1.165, 1.54) is 0 Å². The van der Waals surface area contributed by atoms with E-state index in [0.29, 0.717) is 10.0 Å². The third-order valence-electron chi connectivity index (χ3n) is 2.91. The first-order valence-corrected chi connectivity index (χ1v) is 6.99. The molecule has 1 N–H and O–H groups in total. The molecule has 0 saturated heterocycles. The number of nitrogens with one attached hydrogen (secondary N) is 1. The standard InChI is InChI=1S/C14H17Cl2NO/c1-2-8-17-14(12-7-4-9-18-12)10-5-3-6-11(15)13(10)16/h3,5-7,14,17H,2,4,8-9H2,1H3. The van der Waals surface area contributed by atoms with Crippen LogP contribution < -0.4 is 5.32 Å². The van der Waals surface area contributed by atoms with Gasteiger partial charge in [0.2, 0.25) is 0 Å². The van der Waals surface area contributed by atoms with Crippen molar-refractivity contribution in [2.75, 3.05) is 13.2 Å². The number of hydrogen-bond acceptors (Lipinski definition) is 2. The van der Waals surface area contributed by atoms with Crippen LogP contribution in [0.2, 0.25) is 10.0 Å². The average Bonchev–Trinajstić information content (AvgIpc) is 2.88. The molecule has 2 nitrogen and oxygen atoms in total. The van der Waals surface area contributed by atoms with Crippen molar-refractivity contribution in [1.29, 1.82) is 0 Å². The SMILES string of the molecule is CCCNC(C1=CCCO1)c1cccc(Cl)c1Cl. The lowest BCUT2D eigenvalue weighted by molar-refractivity contribution is 0.215. The summed E-state index contributed by atoms with van der Waals surface area (Å²) in [7, 11) is 0. The van der Waals surface area contributed by atoms with Crippen LogP contribution in [0, 0.1) is 0 Å². The minimum Gasteiger partial charge on any atom is -0.496 e. The molecule has 1 heterocycles. The number of benzene rings is 1. The molecule has 1 aliphatic rings. The van der Waals surface area contributed by atoms with Crippen LogP contribution in [-0.2, 0) is 4.74 Å². The van der Waals surface area contributed by atoms with Crippen molar-refractivity contribution in [3.8, 4) is 0 Å². The maximum absolute atomic E-state index is 6.29. The van der Waals surface area contributed by atoms with Crippen LogP contribution in [0.3, 0.4) is 0 Å². The van der Waals surface area contributed by atoms with Crippen molar-refractivity contribution < 1.29 is 4.74 Å². The molecular weight excluding hydrogens is 269 g/mol. The molecule has 0 aliphatic carbocycles. The molecule has 1 aromatic carbocycles. The molecule has 1 aliphatic heterocycles. The van der Waals surface area contributed by atoms with Crippen LogP contribution in [0.15, 0.2) is 30.0 Å². The van der Waals surface area contributed by atoms with E-state index in [4.69, 9.17) is 27.9 Å². The highest BCUT2D eigenvalue weighted by atomic mass is 35.5. The lowest BCUT2D eigenvalue weighted by Crippen LogP contribution is -2.24. The van der Waals surface area contributed by atoms with E-state index in [2.05, 4.69) is 18.3 Å². The predicted octanol–water partition coefficient (Wildman–Crippen LogP) is 4.34. The predicted molar refractivity (Wildman–Crippen MR) is 76.1 cm³/mol. The summed E-state index contributed by atoms with van der Waals surface area (Å²) in [5.74, 6) is 0.951. The van der Waals surface area contributed by atoms with Gasteiger partial charge in [-0.2, -0.15) is 0 Å². The van der Waals surface area contributed by atoms with Gasteiger partial charge in [0.25, 0.3) is 0 Å². The molecule has 4 heteroatoms. The molecule has 98 valence electrons. The Morgan fingerprint density at radius 3 is 2.89 bits per heavy atom. The number of rotatable bonds is 5. The molecule has 1 unspecified atom stereocenters. The molecule has 0 bridgehead atoms. The molecule has 0 amide bonds. The van der Waals surface area contributed by atoms with E-state index in [0.717, 1.165) is 37.3 Å². The maximum Gasteiger partial charge on any atom is 0.114 e. The molecule has 0 fully saturated rings. The minimum atomic E-state index is -0.00125. The second-order valence-electron chi connectivity index (χ2n) is 4.27. The first-order chi connectivity index (χ1) is 8.74. The number of halogens is 2. The molecule has 18 heavy (non-hydrogen) atoms. The van der Waals surface area contributed by atoms with Crippen molar-refractivity contribution in [3.63, 3.8) is 0 Å². The summed E-state index contributed by atoms with van der Waals surface area (Å²) in [5.41, 5.74) is 0.978. The van der Waals surface area contributed by atoms with Gasteiger partial charge in [-0.3, -0.25) is 0 Å². The molecule has 0 saturated carbocycles. The quantitative estimate of drug-likeness (QED) is 0.869. The zero-order valence-corrected chi connectivity index (χ0v) is 11.9. The van der Waals surface area contributed by atoms with E-state index in [1.807, 2.05) is 12.1 Å². The Bertz CT molecular complexity index is 445. The number of hydrogen-bond donors (Lipinski definition) is 1. The van der Waals surface area contributed by atoms with Gasteiger partial charge >= 0.3 is 0 Å². The highest BCUT2D eigenvalue weighted by molar-refractivity contribution is 6.42. The first kappa shape index (κ1) is 13.7. The Morgan fingerprint density at radius 2 is 2.22 bits per heavy atom. The fourth-order valence-corrected chi connectivity index (χ4v) is 2.45. The van der Waals surface area contributed by atoms with Crippen molar-refractivity contribution in [1.82, 2.24) is 5.32 Å². The summed E-state index contributed by atoms with van der Waals surface area (Å²) in [6.07, 6.45) is 4.13. The Balaban J connectivity index is 2.30. The van der Waals surface area contributed by atoms with Crippen LogP contribution in [0.4, 0.5) is 0 Å². The van der Waals surface area contributed by atoms with Crippen LogP contribution in [0.1, 0.15) is 31.4 Å². The molecular formula is C14H17Cl2NO. The van der Waals surface area contributed by atoms with Crippen LogP contribution >= 0.6 is 23.2 Å². The van der Waals surface area contributed by atoms with Gasteiger partial charge in [0.05, 0.1) is 22.7 Å². The van der Waals surface area contributed by atoms with Gasteiger partial charge in [-0.05, 0) is 30.7 Å².